The van der Waals surface area contributed by atoms with Crippen molar-refractivity contribution in [1.82, 2.24) is 15.1 Å². The van der Waals surface area contributed by atoms with Crippen molar-refractivity contribution in [1.29, 1.82) is 0 Å². The van der Waals surface area contributed by atoms with Crippen molar-refractivity contribution in [2.75, 3.05) is 13.1 Å². The van der Waals surface area contributed by atoms with E-state index in [4.69, 9.17) is 4.74 Å². The summed E-state index contributed by atoms with van der Waals surface area (Å²) in [5, 5.41) is 2.70. The molecule has 1 unspecified atom stereocenters. The minimum atomic E-state index is -0.521. The third-order valence-electron chi connectivity index (χ3n) is 3.94. The number of hydrogen-bond donors (Lipinski definition) is 1. The molecule has 2 saturated heterocycles. The fraction of sp³-hybridized carbons (Fsp3) is 0.800. The Morgan fingerprint density at radius 3 is 2.32 bits per heavy atom. The molecule has 0 aliphatic carbocycles. The molecule has 0 saturated carbocycles. The molecular weight excluding hydrogens is 286 g/mol. The fourth-order valence-electron chi connectivity index (χ4n) is 2.80. The van der Waals surface area contributed by atoms with Crippen LogP contribution in [0.15, 0.2) is 0 Å². The van der Waals surface area contributed by atoms with Crippen LogP contribution in [-0.4, -0.2) is 58.6 Å². The number of carbonyl (C=O) groups is 3. The molecule has 4 amide bonds. The smallest absolute Gasteiger partial charge is 0.410 e. The minimum absolute atomic E-state index is 0.136. The number of imide groups is 1. The Labute approximate surface area is 131 Å². The molecular formula is C15H25N3O4. The van der Waals surface area contributed by atoms with E-state index in [9.17, 15) is 14.4 Å². The molecule has 2 fully saturated rings. The Hall–Kier alpha value is -1.79. The number of carbonyl (C=O) groups excluding carboxylic acids is 3. The van der Waals surface area contributed by atoms with Gasteiger partial charge in [-0.25, -0.2) is 9.59 Å². The molecule has 22 heavy (non-hydrogen) atoms. The van der Waals surface area contributed by atoms with Crippen molar-refractivity contribution in [3.63, 3.8) is 0 Å². The van der Waals surface area contributed by atoms with E-state index in [-0.39, 0.29) is 24.1 Å². The van der Waals surface area contributed by atoms with E-state index in [1.807, 2.05) is 27.7 Å². The molecule has 124 valence electrons. The molecule has 2 rings (SSSR count). The fourth-order valence-corrected chi connectivity index (χ4v) is 2.80. The first kappa shape index (κ1) is 16.6. The van der Waals surface area contributed by atoms with E-state index in [0.29, 0.717) is 32.4 Å². The van der Waals surface area contributed by atoms with Crippen LogP contribution >= 0.6 is 0 Å². The zero-order valence-corrected chi connectivity index (χ0v) is 13.7. The van der Waals surface area contributed by atoms with Crippen molar-refractivity contribution in [3.8, 4) is 0 Å². The van der Waals surface area contributed by atoms with Gasteiger partial charge in [0.2, 0.25) is 0 Å². The normalized spacial score (nSPS) is 23.7. The predicted octanol–water partition coefficient (Wildman–Crippen LogP) is 1.72. The third kappa shape index (κ3) is 3.51. The van der Waals surface area contributed by atoms with Crippen LogP contribution < -0.4 is 5.32 Å². The summed E-state index contributed by atoms with van der Waals surface area (Å²) in [5.74, 6) is -0.150. The number of piperidine rings is 1. The van der Waals surface area contributed by atoms with Crippen LogP contribution in [0.1, 0.15) is 47.0 Å². The lowest BCUT2D eigenvalue weighted by molar-refractivity contribution is -0.129. The van der Waals surface area contributed by atoms with E-state index in [1.54, 1.807) is 4.90 Å². The molecule has 2 aliphatic heterocycles. The standard InChI is InChI=1S/C15H25N3O4/c1-5-11-12(19)18(13(20)16-11)10-6-8-17(9-7-10)14(21)22-15(2,3)4/h10-11H,5-9H2,1-4H3,(H,16,20). The average Bonchev–Trinajstić information content (AvgIpc) is 2.71. The lowest BCUT2D eigenvalue weighted by Crippen LogP contribution is -2.50. The van der Waals surface area contributed by atoms with Gasteiger partial charge in [0.1, 0.15) is 11.6 Å². The molecule has 0 aromatic heterocycles. The highest BCUT2D eigenvalue weighted by Gasteiger charge is 2.42. The van der Waals surface area contributed by atoms with Gasteiger partial charge in [0.15, 0.2) is 0 Å². The Morgan fingerprint density at radius 2 is 1.86 bits per heavy atom. The van der Waals surface area contributed by atoms with E-state index < -0.39 is 11.6 Å². The third-order valence-corrected chi connectivity index (χ3v) is 3.94. The molecule has 1 N–H and O–H groups in total. The van der Waals surface area contributed by atoms with Crippen molar-refractivity contribution >= 4 is 18.0 Å². The maximum atomic E-state index is 12.2. The number of nitrogens with one attached hydrogen (secondary N) is 1. The van der Waals surface area contributed by atoms with Crippen LogP contribution in [-0.2, 0) is 9.53 Å². The average molecular weight is 311 g/mol. The molecule has 7 heteroatoms. The molecule has 7 nitrogen and oxygen atoms in total. The first-order chi connectivity index (χ1) is 10.2. The van der Waals surface area contributed by atoms with Gasteiger partial charge in [-0.05, 0) is 40.0 Å². The van der Waals surface area contributed by atoms with Crippen molar-refractivity contribution in [2.45, 2.75) is 64.6 Å². The van der Waals surface area contributed by atoms with Gasteiger partial charge in [0.05, 0.1) is 0 Å². The highest BCUT2D eigenvalue weighted by Crippen LogP contribution is 2.22. The Kier molecular flexibility index (Phi) is 4.63. The Balaban J connectivity index is 1.91. The number of likely N-dealkylation sites (tertiary alicyclic amines) is 1. The van der Waals surface area contributed by atoms with Crippen LogP contribution in [0.5, 0.6) is 0 Å². The number of rotatable bonds is 2. The summed E-state index contributed by atoms with van der Waals surface area (Å²) in [7, 11) is 0. The zero-order chi connectivity index (χ0) is 16.5. The first-order valence-corrected chi connectivity index (χ1v) is 7.84. The van der Waals surface area contributed by atoms with E-state index in [0.717, 1.165) is 0 Å². The Bertz CT molecular complexity index is 464. The number of hydrogen-bond acceptors (Lipinski definition) is 4. The van der Waals surface area contributed by atoms with Gasteiger partial charge in [-0.15, -0.1) is 0 Å². The summed E-state index contributed by atoms with van der Waals surface area (Å²) in [4.78, 5) is 39.1. The lowest BCUT2D eigenvalue weighted by Gasteiger charge is -2.36. The van der Waals surface area contributed by atoms with Gasteiger partial charge in [-0.2, -0.15) is 0 Å². The van der Waals surface area contributed by atoms with Crippen LogP contribution in [0.2, 0.25) is 0 Å². The van der Waals surface area contributed by atoms with E-state index >= 15 is 0 Å². The maximum absolute atomic E-state index is 12.2. The number of ether oxygens (including phenoxy) is 1. The quantitative estimate of drug-likeness (QED) is 0.788. The van der Waals surface area contributed by atoms with Crippen molar-refractivity contribution < 1.29 is 19.1 Å². The molecule has 0 bridgehead atoms. The summed E-state index contributed by atoms with van der Waals surface area (Å²) < 4.78 is 5.34. The molecule has 2 heterocycles. The number of nitrogens with zero attached hydrogens (tertiary/aromatic N) is 2. The first-order valence-electron chi connectivity index (χ1n) is 7.84. The molecule has 0 spiro atoms. The van der Waals surface area contributed by atoms with Gasteiger partial charge in [0, 0.05) is 19.1 Å². The molecule has 0 radical (unpaired) electrons. The highest BCUT2D eigenvalue weighted by molar-refractivity contribution is 6.04. The second kappa shape index (κ2) is 6.14. The van der Waals surface area contributed by atoms with Crippen LogP contribution in [0.25, 0.3) is 0 Å². The summed E-state index contributed by atoms with van der Waals surface area (Å²) >= 11 is 0. The van der Waals surface area contributed by atoms with E-state index in [1.165, 1.54) is 4.90 Å². The second-order valence-electron chi connectivity index (χ2n) is 6.82. The van der Waals surface area contributed by atoms with Gasteiger partial charge >= 0.3 is 12.1 Å². The summed E-state index contributed by atoms with van der Waals surface area (Å²) in [6.45, 7) is 8.35. The zero-order valence-electron chi connectivity index (χ0n) is 13.7. The summed E-state index contributed by atoms with van der Waals surface area (Å²) in [6.07, 6.45) is 1.44. The van der Waals surface area contributed by atoms with Crippen molar-refractivity contribution in [3.05, 3.63) is 0 Å². The molecule has 1 atom stereocenters. The van der Waals surface area contributed by atoms with Crippen molar-refractivity contribution in [2.24, 2.45) is 0 Å². The van der Waals surface area contributed by atoms with Gasteiger partial charge < -0.3 is 15.0 Å². The molecule has 0 aromatic carbocycles. The second-order valence-corrected chi connectivity index (χ2v) is 6.82. The lowest BCUT2D eigenvalue weighted by atomic mass is 10.0. The monoisotopic (exact) mass is 311 g/mol. The van der Waals surface area contributed by atoms with Gasteiger partial charge in [-0.3, -0.25) is 9.69 Å². The highest BCUT2D eigenvalue weighted by atomic mass is 16.6. The topological polar surface area (TPSA) is 79.0 Å². The number of urea groups is 1. The van der Waals surface area contributed by atoms with E-state index in [2.05, 4.69) is 5.32 Å². The SMILES string of the molecule is CCC1NC(=O)N(C2CCN(C(=O)OC(C)(C)C)CC2)C1=O. The summed E-state index contributed by atoms with van der Waals surface area (Å²) in [6, 6.07) is -0.855. The minimum Gasteiger partial charge on any atom is -0.444 e. The Morgan fingerprint density at radius 1 is 1.27 bits per heavy atom. The predicted molar refractivity (Wildman–Crippen MR) is 80.3 cm³/mol. The van der Waals surface area contributed by atoms with Crippen LogP contribution in [0, 0.1) is 0 Å². The maximum Gasteiger partial charge on any atom is 0.410 e. The van der Waals surface area contributed by atoms with Gasteiger partial charge in [0.25, 0.3) is 5.91 Å². The summed E-state index contributed by atoms with van der Waals surface area (Å²) in [5.41, 5.74) is -0.521. The van der Waals surface area contributed by atoms with Crippen LogP contribution in [0.4, 0.5) is 9.59 Å². The molecule has 0 aromatic rings. The van der Waals surface area contributed by atoms with Crippen LogP contribution in [0.3, 0.4) is 0 Å². The molecule has 2 aliphatic rings. The largest absolute Gasteiger partial charge is 0.444 e. The van der Waals surface area contributed by atoms with Gasteiger partial charge in [-0.1, -0.05) is 6.92 Å². The number of amides is 4.